The van der Waals surface area contributed by atoms with E-state index < -0.39 is 0 Å². The van der Waals surface area contributed by atoms with Gasteiger partial charge in [0.15, 0.2) is 5.82 Å². The Kier molecular flexibility index (Phi) is 7.14. The molecule has 52 heavy (non-hydrogen) atoms. The summed E-state index contributed by atoms with van der Waals surface area (Å²) in [7, 11) is 0. The van der Waals surface area contributed by atoms with E-state index in [4.69, 9.17) is 15.0 Å². The molecule has 0 fully saturated rings. The number of pyridine rings is 1. The molecule has 2 heterocycles. The van der Waals surface area contributed by atoms with Gasteiger partial charge in [-0.15, -0.1) is 0 Å². The average Bonchev–Trinajstić information content (AvgIpc) is 3.23. The Bertz CT molecular complexity index is 2850. The lowest BCUT2D eigenvalue weighted by Gasteiger charge is -2.15. The predicted octanol–water partition coefficient (Wildman–Crippen LogP) is 12.8. The average molecular weight is 662 g/mol. The van der Waals surface area contributed by atoms with E-state index >= 15 is 0 Å². The molecule has 0 aliphatic rings. The summed E-state index contributed by atoms with van der Waals surface area (Å²) >= 11 is 0. The van der Waals surface area contributed by atoms with E-state index in [2.05, 4.69) is 188 Å². The highest BCUT2D eigenvalue weighted by atomic mass is 14.9. The molecule has 8 aromatic carbocycles. The molecule has 0 saturated heterocycles. The maximum absolute atomic E-state index is 5.30. The maximum Gasteiger partial charge on any atom is 0.160 e. The van der Waals surface area contributed by atoms with E-state index in [1.807, 2.05) is 0 Å². The number of nitrogens with zero attached hydrogens (tertiary/aromatic N) is 3. The molecule has 0 radical (unpaired) electrons. The van der Waals surface area contributed by atoms with Gasteiger partial charge in [-0.05, 0) is 63.0 Å². The molecule has 2 aromatic heterocycles. The second-order valence-corrected chi connectivity index (χ2v) is 13.2. The first-order valence-electron chi connectivity index (χ1n) is 17.6. The van der Waals surface area contributed by atoms with Gasteiger partial charge < -0.3 is 0 Å². The zero-order valence-electron chi connectivity index (χ0n) is 28.2. The quantitative estimate of drug-likeness (QED) is 0.172. The number of rotatable bonds is 5. The van der Waals surface area contributed by atoms with Gasteiger partial charge in [-0.1, -0.05) is 158 Å². The smallest absolute Gasteiger partial charge is 0.160 e. The van der Waals surface area contributed by atoms with Crippen LogP contribution in [0.1, 0.15) is 0 Å². The first-order valence-corrected chi connectivity index (χ1v) is 17.6. The van der Waals surface area contributed by atoms with Crippen LogP contribution < -0.4 is 0 Å². The van der Waals surface area contributed by atoms with Crippen molar-refractivity contribution in [2.75, 3.05) is 0 Å². The van der Waals surface area contributed by atoms with Gasteiger partial charge in [-0.2, -0.15) is 0 Å². The van der Waals surface area contributed by atoms with E-state index in [0.717, 1.165) is 61.0 Å². The van der Waals surface area contributed by atoms with E-state index in [-0.39, 0.29) is 0 Å². The van der Waals surface area contributed by atoms with Crippen LogP contribution in [0.25, 0.3) is 99.5 Å². The van der Waals surface area contributed by atoms with Crippen molar-refractivity contribution in [3.8, 4) is 56.3 Å². The minimum Gasteiger partial charge on any atom is -0.247 e. The predicted molar refractivity (Wildman–Crippen MR) is 217 cm³/mol. The molecule has 0 atom stereocenters. The zero-order chi connectivity index (χ0) is 34.4. The second kappa shape index (κ2) is 12.4. The summed E-state index contributed by atoms with van der Waals surface area (Å²) in [5.74, 6) is 0.693. The van der Waals surface area contributed by atoms with E-state index in [1.54, 1.807) is 0 Å². The van der Waals surface area contributed by atoms with Crippen molar-refractivity contribution in [1.82, 2.24) is 15.0 Å². The van der Waals surface area contributed by atoms with Gasteiger partial charge in [0.05, 0.1) is 22.6 Å². The van der Waals surface area contributed by atoms with Gasteiger partial charge in [0.2, 0.25) is 0 Å². The minimum atomic E-state index is 0.693. The highest BCUT2D eigenvalue weighted by molar-refractivity contribution is 6.17. The van der Waals surface area contributed by atoms with Crippen LogP contribution in [0, 0.1) is 0 Å². The first-order chi connectivity index (χ1) is 25.7. The number of hydrogen-bond donors (Lipinski definition) is 0. The van der Waals surface area contributed by atoms with Crippen molar-refractivity contribution in [3.05, 3.63) is 188 Å². The van der Waals surface area contributed by atoms with Crippen molar-refractivity contribution in [2.45, 2.75) is 0 Å². The third-order valence-corrected chi connectivity index (χ3v) is 10.0. The molecule has 0 N–H and O–H groups in total. The standard InChI is InChI=1S/C49H31N3/c1-3-14-34(15-4-1)41-20-11-21-42-47(41)43-30-39(26-27-44(43)50-48(42)35-16-5-2-6-17-35)46-31-45(38-24-22-32-12-7-9-18-36(32)28-38)51-49(52-46)40-25-23-33-13-8-10-19-37(33)29-40/h1-31H. The Morgan fingerprint density at radius 3 is 1.56 bits per heavy atom. The summed E-state index contributed by atoms with van der Waals surface area (Å²) in [4.78, 5) is 15.8. The molecule has 0 amide bonds. The molecule has 0 aliphatic heterocycles. The summed E-state index contributed by atoms with van der Waals surface area (Å²) < 4.78 is 0. The molecule has 3 nitrogen and oxygen atoms in total. The molecule has 0 unspecified atom stereocenters. The topological polar surface area (TPSA) is 38.7 Å². The SMILES string of the molecule is c1ccc(-c2nc3ccc(-c4cc(-c5ccc6ccccc6c5)nc(-c5ccc6ccccc6c5)n4)cc3c3c(-c4ccccc4)cccc23)cc1. The summed E-state index contributed by atoms with van der Waals surface area (Å²) in [5, 5.41) is 8.12. The van der Waals surface area contributed by atoms with E-state index in [0.29, 0.717) is 5.82 Å². The number of benzene rings is 8. The van der Waals surface area contributed by atoms with Gasteiger partial charge in [-0.25, -0.2) is 15.0 Å². The van der Waals surface area contributed by atoms with Crippen molar-refractivity contribution < 1.29 is 0 Å². The fourth-order valence-corrected chi connectivity index (χ4v) is 7.44. The van der Waals surface area contributed by atoms with Crippen molar-refractivity contribution >= 4 is 43.2 Å². The van der Waals surface area contributed by atoms with Crippen LogP contribution in [-0.2, 0) is 0 Å². The fraction of sp³-hybridized carbons (Fsp3) is 0. The van der Waals surface area contributed by atoms with Crippen LogP contribution in [0.2, 0.25) is 0 Å². The maximum atomic E-state index is 5.30. The number of fused-ring (bicyclic) bond motifs is 5. The Labute approximate surface area is 301 Å². The van der Waals surface area contributed by atoms with Gasteiger partial charge in [0, 0.05) is 38.4 Å². The zero-order valence-corrected chi connectivity index (χ0v) is 28.2. The van der Waals surface area contributed by atoms with Crippen molar-refractivity contribution in [1.29, 1.82) is 0 Å². The van der Waals surface area contributed by atoms with Crippen molar-refractivity contribution in [3.63, 3.8) is 0 Å². The summed E-state index contributed by atoms with van der Waals surface area (Å²) in [6, 6.07) is 66.3. The molecule has 10 aromatic rings. The lowest BCUT2D eigenvalue weighted by Crippen LogP contribution is -1.97. The monoisotopic (exact) mass is 661 g/mol. The van der Waals surface area contributed by atoms with Crippen molar-refractivity contribution in [2.24, 2.45) is 0 Å². The van der Waals surface area contributed by atoms with Crippen LogP contribution in [0.4, 0.5) is 0 Å². The van der Waals surface area contributed by atoms with Crippen LogP contribution in [0.5, 0.6) is 0 Å². The fourth-order valence-electron chi connectivity index (χ4n) is 7.44. The normalized spacial score (nSPS) is 11.5. The van der Waals surface area contributed by atoms with Crippen LogP contribution in [0.3, 0.4) is 0 Å². The third-order valence-electron chi connectivity index (χ3n) is 10.0. The molecule has 0 bridgehead atoms. The molecular weight excluding hydrogens is 631 g/mol. The van der Waals surface area contributed by atoms with E-state index in [1.165, 1.54) is 32.7 Å². The number of hydrogen-bond acceptors (Lipinski definition) is 3. The third kappa shape index (κ3) is 5.28. The molecule has 0 spiro atoms. The lowest BCUT2D eigenvalue weighted by molar-refractivity contribution is 1.19. The van der Waals surface area contributed by atoms with Gasteiger partial charge in [0.1, 0.15) is 0 Å². The summed E-state index contributed by atoms with van der Waals surface area (Å²) in [5.41, 5.74) is 10.2. The van der Waals surface area contributed by atoms with E-state index in [9.17, 15) is 0 Å². The molecule has 3 heteroatoms. The Hall–Kier alpha value is -6.97. The van der Waals surface area contributed by atoms with Gasteiger partial charge >= 0.3 is 0 Å². The Morgan fingerprint density at radius 2 is 0.865 bits per heavy atom. The molecule has 0 saturated carbocycles. The van der Waals surface area contributed by atoms with Crippen LogP contribution in [0.15, 0.2) is 188 Å². The largest absolute Gasteiger partial charge is 0.247 e. The lowest BCUT2D eigenvalue weighted by atomic mass is 9.92. The molecular formula is C49H31N3. The molecule has 242 valence electrons. The minimum absolute atomic E-state index is 0.693. The van der Waals surface area contributed by atoms with Crippen LogP contribution in [-0.4, -0.2) is 15.0 Å². The molecule has 0 aliphatic carbocycles. The summed E-state index contributed by atoms with van der Waals surface area (Å²) in [6.45, 7) is 0. The van der Waals surface area contributed by atoms with Gasteiger partial charge in [-0.3, -0.25) is 0 Å². The van der Waals surface area contributed by atoms with Crippen LogP contribution >= 0.6 is 0 Å². The highest BCUT2D eigenvalue weighted by Crippen LogP contribution is 2.40. The first kappa shape index (κ1) is 29.9. The second-order valence-electron chi connectivity index (χ2n) is 13.2. The summed E-state index contributed by atoms with van der Waals surface area (Å²) in [6.07, 6.45) is 0. The Morgan fingerprint density at radius 1 is 0.308 bits per heavy atom. The van der Waals surface area contributed by atoms with Gasteiger partial charge in [0.25, 0.3) is 0 Å². The highest BCUT2D eigenvalue weighted by Gasteiger charge is 2.17. The Balaban J connectivity index is 1.23. The molecule has 10 rings (SSSR count). The number of aromatic nitrogens is 3.